The molecule has 0 atom stereocenters. The Morgan fingerprint density at radius 3 is 2.65 bits per heavy atom. The maximum absolute atomic E-state index is 11.4. The minimum atomic E-state index is -0.708. The van der Waals surface area contributed by atoms with Gasteiger partial charge in [-0.1, -0.05) is 0 Å². The highest BCUT2D eigenvalue weighted by molar-refractivity contribution is 5.88. The predicted molar refractivity (Wildman–Crippen MR) is 72.6 cm³/mol. The molecule has 1 aliphatic carbocycles. The smallest absolute Gasteiger partial charge is 0.356 e. The molecule has 1 aromatic heterocycles. The van der Waals surface area contributed by atoms with Crippen molar-refractivity contribution in [2.24, 2.45) is 5.92 Å². The molecule has 20 heavy (non-hydrogen) atoms. The Kier molecular flexibility index (Phi) is 4.55. The molecule has 0 radical (unpaired) electrons. The zero-order valence-electron chi connectivity index (χ0n) is 11.3. The van der Waals surface area contributed by atoms with Crippen LogP contribution >= 0.6 is 0 Å². The SMILES string of the molecule is COC(=O)c1cc(NC2CCC(C(=O)O)CC2)ccn1. The molecule has 1 saturated carbocycles. The molecule has 0 saturated heterocycles. The van der Waals surface area contributed by atoms with Gasteiger partial charge in [-0.15, -0.1) is 0 Å². The Morgan fingerprint density at radius 2 is 2.05 bits per heavy atom. The molecule has 1 fully saturated rings. The van der Waals surface area contributed by atoms with E-state index in [1.807, 2.05) is 0 Å². The first kappa shape index (κ1) is 14.3. The summed E-state index contributed by atoms with van der Waals surface area (Å²) >= 11 is 0. The number of methoxy groups -OCH3 is 1. The van der Waals surface area contributed by atoms with Crippen LogP contribution in [0.5, 0.6) is 0 Å². The van der Waals surface area contributed by atoms with Crippen molar-refractivity contribution in [1.29, 1.82) is 0 Å². The summed E-state index contributed by atoms with van der Waals surface area (Å²) in [5.74, 6) is -1.40. The summed E-state index contributed by atoms with van der Waals surface area (Å²) in [4.78, 5) is 26.2. The lowest BCUT2D eigenvalue weighted by molar-refractivity contribution is -0.142. The second kappa shape index (κ2) is 6.36. The number of pyridine rings is 1. The topological polar surface area (TPSA) is 88.5 Å². The maximum Gasteiger partial charge on any atom is 0.356 e. The molecule has 0 aliphatic heterocycles. The quantitative estimate of drug-likeness (QED) is 0.818. The van der Waals surface area contributed by atoms with Gasteiger partial charge < -0.3 is 15.2 Å². The van der Waals surface area contributed by atoms with Gasteiger partial charge in [0.05, 0.1) is 13.0 Å². The lowest BCUT2D eigenvalue weighted by Gasteiger charge is -2.27. The van der Waals surface area contributed by atoms with E-state index in [1.54, 1.807) is 18.3 Å². The molecule has 1 aromatic rings. The number of rotatable bonds is 4. The van der Waals surface area contributed by atoms with E-state index in [4.69, 9.17) is 5.11 Å². The fourth-order valence-corrected chi connectivity index (χ4v) is 2.46. The molecular formula is C14H18N2O4. The number of carbonyl (C=O) groups is 2. The fraction of sp³-hybridized carbons (Fsp3) is 0.500. The summed E-state index contributed by atoms with van der Waals surface area (Å²) < 4.78 is 4.63. The number of ether oxygens (including phenoxy) is 1. The van der Waals surface area contributed by atoms with Crippen LogP contribution in [0.4, 0.5) is 5.69 Å². The Bertz CT molecular complexity index is 496. The molecule has 1 aliphatic rings. The number of aliphatic carboxylic acids is 1. The summed E-state index contributed by atoms with van der Waals surface area (Å²) in [7, 11) is 1.32. The number of esters is 1. The first-order chi connectivity index (χ1) is 9.60. The molecule has 0 amide bonds. The van der Waals surface area contributed by atoms with Gasteiger partial charge in [0.1, 0.15) is 5.69 Å². The van der Waals surface area contributed by atoms with Crippen LogP contribution in [0.1, 0.15) is 36.2 Å². The Labute approximate surface area is 117 Å². The fourth-order valence-electron chi connectivity index (χ4n) is 2.46. The molecule has 2 rings (SSSR count). The Hall–Kier alpha value is -2.11. The van der Waals surface area contributed by atoms with Gasteiger partial charge in [-0.25, -0.2) is 9.78 Å². The van der Waals surface area contributed by atoms with Crippen molar-refractivity contribution in [3.63, 3.8) is 0 Å². The average molecular weight is 278 g/mol. The number of nitrogens with one attached hydrogen (secondary N) is 1. The minimum Gasteiger partial charge on any atom is -0.481 e. The highest BCUT2D eigenvalue weighted by atomic mass is 16.5. The van der Waals surface area contributed by atoms with Gasteiger partial charge in [0.15, 0.2) is 0 Å². The first-order valence-electron chi connectivity index (χ1n) is 6.64. The van der Waals surface area contributed by atoms with Gasteiger partial charge in [0, 0.05) is 17.9 Å². The van der Waals surface area contributed by atoms with Crippen LogP contribution in [-0.2, 0) is 9.53 Å². The number of hydrogen-bond donors (Lipinski definition) is 2. The molecule has 0 spiro atoms. The Morgan fingerprint density at radius 1 is 1.35 bits per heavy atom. The maximum atomic E-state index is 11.4. The summed E-state index contributed by atoms with van der Waals surface area (Å²) in [5.41, 5.74) is 1.07. The molecular weight excluding hydrogens is 260 g/mol. The van der Waals surface area contributed by atoms with Crippen molar-refractivity contribution in [1.82, 2.24) is 4.98 Å². The molecule has 6 heteroatoms. The number of hydrogen-bond acceptors (Lipinski definition) is 5. The van der Waals surface area contributed by atoms with E-state index in [0.717, 1.165) is 18.5 Å². The third-order valence-corrected chi connectivity index (χ3v) is 3.60. The van der Waals surface area contributed by atoms with Gasteiger partial charge in [0.25, 0.3) is 0 Å². The van der Waals surface area contributed by atoms with Crippen LogP contribution in [-0.4, -0.2) is 35.2 Å². The number of anilines is 1. The minimum absolute atomic E-state index is 0.226. The van der Waals surface area contributed by atoms with Gasteiger partial charge >= 0.3 is 11.9 Å². The summed E-state index contributed by atoms with van der Waals surface area (Å²) in [5, 5.41) is 12.3. The van der Waals surface area contributed by atoms with E-state index < -0.39 is 11.9 Å². The third kappa shape index (κ3) is 3.46. The second-order valence-electron chi connectivity index (χ2n) is 4.95. The van der Waals surface area contributed by atoms with Crippen molar-refractivity contribution in [3.05, 3.63) is 24.0 Å². The molecule has 1 heterocycles. The summed E-state index contributed by atoms with van der Waals surface area (Å²) in [6, 6.07) is 3.67. The predicted octanol–water partition coefficient (Wildman–Crippen LogP) is 1.92. The monoisotopic (exact) mass is 278 g/mol. The zero-order chi connectivity index (χ0) is 14.5. The number of nitrogens with zero attached hydrogens (tertiary/aromatic N) is 1. The van der Waals surface area contributed by atoms with Crippen molar-refractivity contribution in [2.45, 2.75) is 31.7 Å². The van der Waals surface area contributed by atoms with Crippen LogP contribution in [0.25, 0.3) is 0 Å². The van der Waals surface area contributed by atoms with E-state index in [9.17, 15) is 9.59 Å². The van der Waals surface area contributed by atoms with Crippen molar-refractivity contribution in [2.75, 3.05) is 12.4 Å². The van der Waals surface area contributed by atoms with E-state index in [0.29, 0.717) is 12.8 Å². The van der Waals surface area contributed by atoms with Gasteiger partial charge in [0.2, 0.25) is 0 Å². The van der Waals surface area contributed by atoms with Gasteiger partial charge in [-0.05, 0) is 37.8 Å². The number of carbonyl (C=O) groups excluding carboxylic acids is 1. The third-order valence-electron chi connectivity index (χ3n) is 3.60. The highest BCUT2D eigenvalue weighted by Gasteiger charge is 2.25. The van der Waals surface area contributed by atoms with Crippen molar-refractivity contribution < 1.29 is 19.4 Å². The first-order valence-corrected chi connectivity index (χ1v) is 6.64. The summed E-state index contributed by atoms with van der Waals surface area (Å²) in [6.07, 6.45) is 4.54. The van der Waals surface area contributed by atoms with Crippen molar-refractivity contribution in [3.8, 4) is 0 Å². The van der Waals surface area contributed by atoms with Gasteiger partial charge in [-0.2, -0.15) is 0 Å². The normalized spacial score (nSPS) is 22.1. The Balaban J connectivity index is 1.94. The number of carboxylic acids is 1. The molecule has 2 N–H and O–H groups in total. The van der Waals surface area contributed by atoms with Crippen LogP contribution in [0, 0.1) is 5.92 Å². The molecule has 0 unspecified atom stereocenters. The molecule has 6 nitrogen and oxygen atoms in total. The molecule has 0 bridgehead atoms. The number of aromatic nitrogens is 1. The van der Waals surface area contributed by atoms with Crippen LogP contribution in [0.3, 0.4) is 0 Å². The standard InChI is InChI=1S/C14H18N2O4/c1-20-14(19)12-8-11(6-7-15-12)16-10-4-2-9(3-5-10)13(17)18/h6-10H,2-5H2,1H3,(H,15,16)(H,17,18). The lowest BCUT2D eigenvalue weighted by atomic mass is 9.86. The molecule has 0 aromatic carbocycles. The zero-order valence-corrected chi connectivity index (χ0v) is 11.3. The second-order valence-corrected chi connectivity index (χ2v) is 4.95. The van der Waals surface area contributed by atoms with Crippen LogP contribution in [0.15, 0.2) is 18.3 Å². The lowest BCUT2D eigenvalue weighted by Crippen LogP contribution is -2.29. The van der Waals surface area contributed by atoms with Gasteiger partial charge in [-0.3, -0.25) is 4.79 Å². The molecule has 108 valence electrons. The van der Waals surface area contributed by atoms with E-state index in [-0.39, 0.29) is 17.7 Å². The van der Waals surface area contributed by atoms with E-state index >= 15 is 0 Å². The summed E-state index contributed by atoms with van der Waals surface area (Å²) in [6.45, 7) is 0. The van der Waals surface area contributed by atoms with Crippen LogP contribution < -0.4 is 5.32 Å². The largest absolute Gasteiger partial charge is 0.481 e. The highest BCUT2D eigenvalue weighted by Crippen LogP contribution is 2.26. The number of carboxylic acid groups (broad SMARTS) is 1. The van der Waals surface area contributed by atoms with E-state index in [1.165, 1.54) is 7.11 Å². The van der Waals surface area contributed by atoms with E-state index in [2.05, 4.69) is 15.0 Å². The van der Waals surface area contributed by atoms with Crippen LogP contribution in [0.2, 0.25) is 0 Å². The average Bonchev–Trinajstić information content (AvgIpc) is 2.47. The van der Waals surface area contributed by atoms with Crippen molar-refractivity contribution >= 4 is 17.6 Å².